The number of fused-ring (bicyclic) bond motifs is 1. The van der Waals surface area contributed by atoms with Gasteiger partial charge in [0.25, 0.3) is 0 Å². The van der Waals surface area contributed by atoms with E-state index in [9.17, 15) is 4.79 Å². The van der Waals surface area contributed by atoms with Crippen molar-refractivity contribution >= 4 is 16.8 Å². The lowest BCUT2D eigenvalue weighted by atomic mass is 10.0. The summed E-state index contributed by atoms with van der Waals surface area (Å²) in [6.07, 6.45) is 26.7. The standard InChI is InChI=1S/C31H52N2O2/c1-3-4-5-6-7-8-9-10-11-12-13-14-15-16-17-18-19-20-31(34)32-24-23-27-26-33-30-22-21-28(35-2)25-29(27)30/h21-22,25-26,33H,3-20,23-24H2,1-2H3,(H,32,34). The van der Waals surface area contributed by atoms with Crippen molar-refractivity contribution in [3.8, 4) is 5.75 Å². The van der Waals surface area contributed by atoms with Gasteiger partial charge in [0.1, 0.15) is 5.75 Å². The van der Waals surface area contributed by atoms with E-state index < -0.39 is 0 Å². The molecule has 198 valence electrons. The molecule has 0 aliphatic rings. The van der Waals surface area contributed by atoms with E-state index in [2.05, 4.69) is 23.3 Å². The van der Waals surface area contributed by atoms with Gasteiger partial charge in [0.2, 0.25) is 5.91 Å². The Balaban J connectivity index is 1.35. The van der Waals surface area contributed by atoms with Crippen LogP contribution in [0.15, 0.2) is 24.4 Å². The van der Waals surface area contributed by atoms with Gasteiger partial charge in [-0.25, -0.2) is 0 Å². The lowest BCUT2D eigenvalue weighted by Crippen LogP contribution is -2.25. The number of carbonyl (C=O) groups is 1. The first kappa shape index (κ1) is 29.3. The number of aromatic nitrogens is 1. The van der Waals surface area contributed by atoms with Gasteiger partial charge in [0.15, 0.2) is 0 Å². The van der Waals surface area contributed by atoms with Crippen LogP contribution in [0, 0.1) is 0 Å². The molecule has 0 saturated carbocycles. The summed E-state index contributed by atoms with van der Waals surface area (Å²) in [7, 11) is 1.69. The van der Waals surface area contributed by atoms with E-state index >= 15 is 0 Å². The number of benzene rings is 1. The molecule has 2 N–H and O–H groups in total. The van der Waals surface area contributed by atoms with Crippen LogP contribution < -0.4 is 10.1 Å². The Morgan fingerprint density at radius 3 is 1.89 bits per heavy atom. The predicted molar refractivity (Wildman–Crippen MR) is 150 cm³/mol. The summed E-state index contributed by atoms with van der Waals surface area (Å²) >= 11 is 0. The number of hydrogen-bond donors (Lipinski definition) is 2. The van der Waals surface area contributed by atoms with Gasteiger partial charge < -0.3 is 15.0 Å². The average Bonchev–Trinajstić information content (AvgIpc) is 3.28. The topological polar surface area (TPSA) is 54.1 Å². The molecule has 0 bridgehead atoms. The van der Waals surface area contributed by atoms with E-state index in [0.717, 1.165) is 24.1 Å². The second-order valence-electron chi connectivity index (χ2n) is 10.2. The van der Waals surface area contributed by atoms with Crippen LogP contribution in [0.2, 0.25) is 0 Å². The quantitative estimate of drug-likeness (QED) is 0.164. The smallest absolute Gasteiger partial charge is 0.220 e. The Labute approximate surface area is 215 Å². The fourth-order valence-electron chi connectivity index (χ4n) is 4.93. The minimum absolute atomic E-state index is 0.184. The Kier molecular flexibility index (Phi) is 16.1. The lowest BCUT2D eigenvalue weighted by Gasteiger charge is -2.06. The van der Waals surface area contributed by atoms with E-state index in [1.165, 1.54) is 114 Å². The van der Waals surface area contributed by atoms with Crippen molar-refractivity contribution in [1.29, 1.82) is 0 Å². The largest absolute Gasteiger partial charge is 0.497 e. The van der Waals surface area contributed by atoms with E-state index in [0.29, 0.717) is 13.0 Å². The summed E-state index contributed by atoms with van der Waals surface area (Å²) in [4.78, 5) is 15.5. The maximum atomic E-state index is 12.2. The maximum absolute atomic E-state index is 12.2. The zero-order chi connectivity index (χ0) is 25.0. The third-order valence-electron chi connectivity index (χ3n) is 7.20. The molecular weight excluding hydrogens is 432 g/mol. The van der Waals surface area contributed by atoms with Crippen molar-refractivity contribution < 1.29 is 9.53 Å². The summed E-state index contributed by atoms with van der Waals surface area (Å²) in [6.45, 7) is 2.97. The number of unbranched alkanes of at least 4 members (excludes halogenated alkanes) is 16. The van der Waals surface area contributed by atoms with E-state index in [1.807, 2.05) is 18.3 Å². The first-order valence-electron chi connectivity index (χ1n) is 14.6. The molecule has 2 rings (SSSR count). The maximum Gasteiger partial charge on any atom is 0.220 e. The van der Waals surface area contributed by atoms with Gasteiger partial charge >= 0.3 is 0 Å². The molecule has 1 amide bonds. The number of methoxy groups -OCH3 is 1. The van der Waals surface area contributed by atoms with E-state index in [-0.39, 0.29) is 5.91 Å². The molecule has 35 heavy (non-hydrogen) atoms. The zero-order valence-electron chi connectivity index (χ0n) is 22.8. The molecular formula is C31H52N2O2. The van der Waals surface area contributed by atoms with Gasteiger partial charge in [0, 0.05) is 30.1 Å². The first-order valence-corrected chi connectivity index (χ1v) is 14.6. The first-order chi connectivity index (χ1) is 17.2. The molecule has 1 aromatic heterocycles. The molecule has 0 atom stereocenters. The lowest BCUT2D eigenvalue weighted by molar-refractivity contribution is -0.121. The molecule has 2 aromatic rings. The molecule has 0 aliphatic heterocycles. The Morgan fingerprint density at radius 1 is 0.800 bits per heavy atom. The second kappa shape index (κ2) is 19.2. The third-order valence-corrected chi connectivity index (χ3v) is 7.20. The van der Waals surface area contributed by atoms with Gasteiger partial charge in [-0.05, 0) is 36.6 Å². The van der Waals surface area contributed by atoms with Crippen molar-refractivity contribution in [3.05, 3.63) is 30.0 Å². The van der Waals surface area contributed by atoms with Crippen molar-refractivity contribution in [3.63, 3.8) is 0 Å². The van der Waals surface area contributed by atoms with Gasteiger partial charge in [-0.1, -0.05) is 110 Å². The molecule has 4 nitrogen and oxygen atoms in total. The number of aromatic amines is 1. The van der Waals surface area contributed by atoms with Crippen molar-refractivity contribution in [2.45, 2.75) is 129 Å². The minimum Gasteiger partial charge on any atom is -0.497 e. The molecule has 0 unspecified atom stereocenters. The van der Waals surface area contributed by atoms with Crippen LogP contribution in [0.4, 0.5) is 0 Å². The highest BCUT2D eigenvalue weighted by Gasteiger charge is 2.06. The zero-order valence-corrected chi connectivity index (χ0v) is 22.8. The van der Waals surface area contributed by atoms with Crippen LogP contribution in [0.3, 0.4) is 0 Å². The Hall–Kier alpha value is -1.97. The number of rotatable bonds is 22. The molecule has 0 aliphatic carbocycles. The normalized spacial score (nSPS) is 11.3. The van der Waals surface area contributed by atoms with Gasteiger partial charge in [-0.3, -0.25) is 4.79 Å². The Bertz CT molecular complexity index is 798. The highest BCUT2D eigenvalue weighted by atomic mass is 16.5. The molecule has 0 radical (unpaired) electrons. The number of nitrogens with one attached hydrogen (secondary N) is 2. The van der Waals surface area contributed by atoms with Crippen molar-refractivity contribution in [2.75, 3.05) is 13.7 Å². The number of H-pyrrole nitrogens is 1. The van der Waals surface area contributed by atoms with Crippen LogP contribution >= 0.6 is 0 Å². The highest BCUT2D eigenvalue weighted by Crippen LogP contribution is 2.23. The number of carbonyl (C=O) groups excluding carboxylic acids is 1. The molecule has 0 fully saturated rings. The fraction of sp³-hybridized carbons (Fsp3) is 0.710. The van der Waals surface area contributed by atoms with Crippen LogP contribution in [-0.2, 0) is 11.2 Å². The van der Waals surface area contributed by atoms with Gasteiger partial charge in [-0.15, -0.1) is 0 Å². The second-order valence-corrected chi connectivity index (χ2v) is 10.2. The van der Waals surface area contributed by atoms with E-state index in [4.69, 9.17) is 4.74 Å². The summed E-state index contributed by atoms with van der Waals surface area (Å²) in [5.74, 6) is 1.05. The van der Waals surface area contributed by atoms with Crippen molar-refractivity contribution in [1.82, 2.24) is 10.3 Å². The number of hydrogen-bond acceptors (Lipinski definition) is 2. The molecule has 4 heteroatoms. The van der Waals surface area contributed by atoms with Crippen LogP contribution in [0.5, 0.6) is 5.75 Å². The summed E-state index contributed by atoms with van der Waals surface area (Å²) in [5.41, 5.74) is 2.33. The van der Waals surface area contributed by atoms with Gasteiger partial charge in [-0.2, -0.15) is 0 Å². The fourth-order valence-corrected chi connectivity index (χ4v) is 4.93. The average molecular weight is 485 g/mol. The Morgan fingerprint density at radius 2 is 1.34 bits per heavy atom. The van der Waals surface area contributed by atoms with E-state index in [1.54, 1.807) is 7.11 Å². The molecule has 0 spiro atoms. The summed E-state index contributed by atoms with van der Waals surface area (Å²) in [6, 6.07) is 6.05. The van der Waals surface area contributed by atoms with Crippen molar-refractivity contribution in [2.24, 2.45) is 0 Å². The minimum atomic E-state index is 0.184. The number of amides is 1. The monoisotopic (exact) mass is 484 g/mol. The third kappa shape index (κ3) is 13.1. The highest BCUT2D eigenvalue weighted by molar-refractivity contribution is 5.84. The van der Waals surface area contributed by atoms with Crippen LogP contribution in [0.25, 0.3) is 10.9 Å². The van der Waals surface area contributed by atoms with Crippen LogP contribution in [-0.4, -0.2) is 24.5 Å². The summed E-state index contributed by atoms with van der Waals surface area (Å²) in [5, 5.41) is 4.26. The van der Waals surface area contributed by atoms with Gasteiger partial charge in [0.05, 0.1) is 7.11 Å². The molecule has 1 heterocycles. The molecule has 0 saturated heterocycles. The predicted octanol–water partition coefficient (Wildman–Crippen LogP) is 8.88. The number of ether oxygens (including phenoxy) is 1. The molecule has 1 aromatic carbocycles. The van der Waals surface area contributed by atoms with Crippen LogP contribution in [0.1, 0.15) is 128 Å². The SMILES string of the molecule is CCCCCCCCCCCCCCCCCCCC(=O)NCCc1c[nH]c2ccc(OC)cc12. The summed E-state index contributed by atoms with van der Waals surface area (Å²) < 4.78 is 5.33.